The van der Waals surface area contributed by atoms with Crippen LogP contribution in [0, 0.1) is 29.8 Å². The Morgan fingerprint density at radius 3 is 2.09 bits per heavy atom. The average molecular weight is 459 g/mol. The lowest BCUT2D eigenvalue weighted by Gasteiger charge is -2.16. The molecule has 172 valence electrons. The van der Waals surface area contributed by atoms with Gasteiger partial charge in [-0.25, -0.2) is 4.39 Å². The average Bonchev–Trinajstić information content (AvgIpc) is 2.83. The van der Waals surface area contributed by atoms with Crippen LogP contribution in [0.25, 0.3) is 0 Å². The highest BCUT2D eigenvalue weighted by molar-refractivity contribution is 5.53. The lowest BCUT2D eigenvalue weighted by molar-refractivity contribution is -0.385. The first-order valence-electron chi connectivity index (χ1n) is 10.6. The van der Waals surface area contributed by atoms with Crippen molar-refractivity contribution in [3.63, 3.8) is 0 Å². The molecule has 0 aliphatic carbocycles. The molecule has 4 aromatic rings. The van der Waals surface area contributed by atoms with E-state index in [1.807, 2.05) is 30.3 Å². The zero-order valence-corrected chi connectivity index (χ0v) is 18.7. The van der Waals surface area contributed by atoms with E-state index in [2.05, 4.69) is 0 Å². The highest BCUT2D eigenvalue weighted by atomic mass is 19.1. The molecule has 0 spiro atoms. The quantitative estimate of drug-likeness (QED) is 0.201. The van der Waals surface area contributed by atoms with Crippen LogP contribution in [0.15, 0.2) is 84.9 Å². The number of halogens is 1. The molecule has 0 aromatic heterocycles. The molecular weight excluding hydrogens is 437 g/mol. The monoisotopic (exact) mass is 459 g/mol. The number of hydrogen-bond donors (Lipinski definition) is 0. The second-order valence-electron chi connectivity index (χ2n) is 7.71. The molecule has 6 nitrogen and oxygen atoms in total. The van der Waals surface area contributed by atoms with Gasteiger partial charge in [-0.1, -0.05) is 30.3 Å². The summed E-state index contributed by atoms with van der Waals surface area (Å²) in [7, 11) is 0. The van der Waals surface area contributed by atoms with Gasteiger partial charge < -0.3 is 14.2 Å². The van der Waals surface area contributed by atoms with Crippen LogP contribution in [0.3, 0.4) is 0 Å². The van der Waals surface area contributed by atoms with Crippen molar-refractivity contribution in [2.75, 3.05) is 0 Å². The number of nitro groups is 1. The van der Waals surface area contributed by atoms with Crippen molar-refractivity contribution >= 4 is 5.69 Å². The molecule has 0 aliphatic rings. The fourth-order valence-electron chi connectivity index (χ4n) is 3.43. The zero-order chi connectivity index (χ0) is 24.1. The molecule has 34 heavy (non-hydrogen) atoms. The number of benzene rings is 4. The maximum Gasteiger partial charge on any atom is 0.270 e. The minimum absolute atomic E-state index is 0.00680. The van der Waals surface area contributed by atoms with Crippen molar-refractivity contribution in [2.45, 2.75) is 20.5 Å². The highest BCUT2D eigenvalue weighted by Gasteiger charge is 2.16. The van der Waals surface area contributed by atoms with Crippen LogP contribution in [-0.4, -0.2) is 4.92 Å². The van der Waals surface area contributed by atoms with Crippen molar-refractivity contribution in [2.24, 2.45) is 0 Å². The Hall–Kier alpha value is -4.39. The van der Waals surface area contributed by atoms with E-state index in [-0.39, 0.29) is 11.5 Å². The lowest BCUT2D eigenvalue weighted by Crippen LogP contribution is -1.99. The third-order valence-electron chi connectivity index (χ3n) is 5.07. The summed E-state index contributed by atoms with van der Waals surface area (Å²) in [5.74, 6) is 1.93. The van der Waals surface area contributed by atoms with E-state index in [1.54, 1.807) is 32.0 Å². The van der Waals surface area contributed by atoms with Crippen LogP contribution in [0.4, 0.5) is 10.1 Å². The minimum Gasteiger partial charge on any atom is -0.485 e. The molecule has 4 rings (SSSR count). The van der Waals surface area contributed by atoms with Crippen LogP contribution in [0.5, 0.6) is 28.7 Å². The number of aryl methyl sites for hydroxylation is 2. The van der Waals surface area contributed by atoms with E-state index in [9.17, 15) is 14.5 Å². The lowest BCUT2D eigenvalue weighted by atomic mass is 10.1. The van der Waals surface area contributed by atoms with Crippen molar-refractivity contribution in [1.29, 1.82) is 0 Å². The number of nitro benzene ring substituents is 1. The maximum atomic E-state index is 13.3. The smallest absolute Gasteiger partial charge is 0.270 e. The van der Waals surface area contributed by atoms with Gasteiger partial charge >= 0.3 is 0 Å². The fourth-order valence-corrected chi connectivity index (χ4v) is 3.43. The van der Waals surface area contributed by atoms with Crippen LogP contribution in [-0.2, 0) is 6.61 Å². The predicted molar refractivity (Wildman–Crippen MR) is 126 cm³/mol. The molecule has 0 amide bonds. The van der Waals surface area contributed by atoms with Crippen molar-refractivity contribution in [3.05, 3.63) is 118 Å². The summed E-state index contributed by atoms with van der Waals surface area (Å²) in [6, 6.07) is 23.4. The molecule has 0 radical (unpaired) electrons. The summed E-state index contributed by atoms with van der Waals surface area (Å²) in [5.41, 5.74) is 2.27. The first-order valence-corrected chi connectivity index (χ1v) is 10.6. The highest BCUT2D eigenvalue weighted by Crippen LogP contribution is 2.39. The van der Waals surface area contributed by atoms with E-state index < -0.39 is 4.92 Å². The molecule has 4 aromatic carbocycles. The summed E-state index contributed by atoms with van der Waals surface area (Å²) < 4.78 is 31.4. The molecule has 0 N–H and O–H groups in total. The van der Waals surface area contributed by atoms with Gasteiger partial charge in [-0.3, -0.25) is 10.1 Å². The van der Waals surface area contributed by atoms with Gasteiger partial charge in [0.05, 0.1) is 4.92 Å². The van der Waals surface area contributed by atoms with Gasteiger partial charge in [-0.15, -0.1) is 0 Å². The summed E-state index contributed by atoms with van der Waals surface area (Å²) in [5, 5.41) is 11.1. The maximum absolute atomic E-state index is 13.3. The number of nitrogens with zero attached hydrogens (tertiary/aromatic N) is 1. The molecule has 0 fully saturated rings. The van der Waals surface area contributed by atoms with Gasteiger partial charge in [0.1, 0.15) is 29.7 Å². The second-order valence-corrected chi connectivity index (χ2v) is 7.71. The first-order chi connectivity index (χ1) is 16.4. The fraction of sp³-hybridized carbons (Fsp3) is 0.111. The Labute approximate surface area is 196 Å². The second kappa shape index (κ2) is 10.0. The molecule has 0 bridgehead atoms. The topological polar surface area (TPSA) is 70.8 Å². The largest absolute Gasteiger partial charge is 0.485 e. The predicted octanol–water partition coefficient (Wildman–Crippen LogP) is 7.51. The van der Waals surface area contributed by atoms with Gasteiger partial charge in [0.2, 0.25) is 0 Å². The van der Waals surface area contributed by atoms with Crippen LogP contribution in [0.2, 0.25) is 0 Å². The van der Waals surface area contributed by atoms with Gasteiger partial charge in [0.25, 0.3) is 5.69 Å². The van der Waals surface area contributed by atoms with Gasteiger partial charge in [-0.05, 0) is 66.9 Å². The Balaban J connectivity index is 1.63. The summed E-state index contributed by atoms with van der Waals surface area (Å²) >= 11 is 0. The Morgan fingerprint density at radius 1 is 0.794 bits per heavy atom. The zero-order valence-electron chi connectivity index (χ0n) is 18.7. The Bertz CT molecular complexity index is 1280. The van der Waals surface area contributed by atoms with Crippen molar-refractivity contribution in [1.82, 2.24) is 0 Å². The van der Waals surface area contributed by atoms with E-state index in [0.717, 1.165) is 5.56 Å². The van der Waals surface area contributed by atoms with Crippen LogP contribution in [0.1, 0.15) is 16.7 Å². The van der Waals surface area contributed by atoms with Gasteiger partial charge in [0.15, 0.2) is 11.5 Å². The SMILES string of the molecule is Cc1cc([N+](=O)[O-])cc(C)c1Oc1ccc(OCc2ccccc2)c(Oc2ccc(F)cc2)c1. The van der Waals surface area contributed by atoms with Gasteiger partial charge in [-0.2, -0.15) is 0 Å². The molecule has 7 heteroatoms. The number of ether oxygens (including phenoxy) is 3. The molecule has 0 unspecified atom stereocenters. The molecular formula is C27H22FNO5. The van der Waals surface area contributed by atoms with Crippen LogP contribution < -0.4 is 14.2 Å². The molecule has 0 aliphatic heterocycles. The number of rotatable bonds is 8. The third-order valence-corrected chi connectivity index (χ3v) is 5.07. The molecule has 0 atom stereocenters. The third kappa shape index (κ3) is 5.50. The van der Waals surface area contributed by atoms with E-state index >= 15 is 0 Å². The van der Waals surface area contributed by atoms with Gasteiger partial charge in [0, 0.05) is 18.2 Å². The summed E-state index contributed by atoms with van der Waals surface area (Å²) in [4.78, 5) is 10.7. The minimum atomic E-state index is -0.433. The Kier molecular flexibility index (Phi) is 6.73. The molecule has 0 saturated heterocycles. The Morgan fingerprint density at radius 2 is 1.44 bits per heavy atom. The summed E-state index contributed by atoms with van der Waals surface area (Å²) in [6.07, 6.45) is 0. The van der Waals surface area contributed by atoms with E-state index in [0.29, 0.717) is 46.5 Å². The molecule has 0 saturated carbocycles. The standard InChI is InChI=1S/C27H22FNO5/c1-18-14-22(29(30)31)15-19(2)27(18)34-24-12-13-25(32-17-20-6-4-3-5-7-20)26(16-24)33-23-10-8-21(28)9-11-23/h3-16H,17H2,1-2H3. The number of hydrogen-bond acceptors (Lipinski definition) is 5. The van der Waals surface area contributed by atoms with E-state index in [4.69, 9.17) is 14.2 Å². The summed E-state index contributed by atoms with van der Waals surface area (Å²) in [6.45, 7) is 3.84. The van der Waals surface area contributed by atoms with Crippen molar-refractivity contribution in [3.8, 4) is 28.7 Å². The normalized spacial score (nSPS) is 10.6. The molecule has 0 heterocycles. The van der Waals surface area contributed by atoms with E-state index in [1.165, 1.54) is 36.4 Å². The first kappa shape index (κ1) is 22.8. The van der Waals surface area contributed by atoms with Crippen molar-refractivity contribution < 1.29 is 23.5 Å². The van der Waals surface area contributed by atoms with Crippen LogP contribution >= 0.6 is 0 Å². The number of non-ortho nitro benzene ring substituents is 1.